The van der Waals surface area contributed by atoms with E-state index in [4.69, 9.17) is 9.47 Å². The van der Waals surface area contributed by atoms with Gasteiger partial charge in [-0.25, -0.2) is 0 Å². The maximum Gasteiger partial charge on any atom is 0.239 e. The number of methoxy groups -OCH3 is 2. The number of ether oxygens (including phenoxy) is 2. The van der Waals surface area contributed by atoms with E-state index in [9.17, 15) is 9.59 Å². The summed E-state index contributed by atoms with van der Waals surface area (Å²) in [5.41, 5.74) is 0. The summed E-state index contributed by atoms with van der Waals surface area (Å²) in [6.07, 6.45) is 0. The molecule has 0 amide bonds. The Morgan fingerprint density at radius 1 is 0.857 bits per heavy atom. The van der Waals surface area contributed by atoms with Crippen molar-refractivity contribution in [1.82, 2.24) is 0 Å². The molecule has 0 saturated carbocycles. The van der Waals surface area contributed by atoms with Gasteiger partial charge >= 0.3 is 0 Å². The van der Waals surface area contributed by atoms with Gasteiger partial charge in [-0.05, 0) is 31.9 Å². The van der Waals surface area contributed by atoms with Crippen LogP contribution in [0.2, 0.25) is 0 Å². The number of rotatable bonds is 2. The maximum atomic E-state index is 11.5. The monoisotopic (exact) mass is 324 g/mol. The number of carbonyl (C=O) groups is 2. The predicted molar refractivity (Wildman–Crippen MR) is 55.9 cm³/mol. The van der Waals surface area contributed by atoms with Gasteiger partial charge in [-0.3, -0.25) is 9.59 Å². The van der Waals surface area contributed by atoms with Crippen molar-refractivity contribution in [2.45, 2.75) is 0 Å². The van der Waals surface area contributed by atoms with Crippen LogP contribution < -0.4 is 0 Å². The standard InChI is InChI=1S/C8H6Br2O4/c1-13-7-5(11)3(9)4(10)6(12)8(7)14-2/h1-2H3. The van der Waals surface area contributed by atoms with Crippen LogP contribution in [-0.4, -0.2) is 25.8 Å². The Kier molecular flexibility index (Phi) is 3.49. The van der Waals surface area contributed by atoms with Gasteiger partial charge in [0.2, 0.25) is 23.1 Å². The van der Waals surface area contributed by atoms with E-state index in [1.54, 1.807) is 0 Å². The molecule has 0 bridgehead atoms. The second-order valence-corrected chi connectivity index (χ2v) is 3.94. The highest BCUT2D eigenvalue weighted by atomic mass is 79.9. The van der Waals surface area contributed by atoms with Crippen LogP contribution in [0.5, 0.6) is 0 Å². The van der Waals surface area contributed by atoms with Crippen LogP contribution in [0.3, 0.4) is 0 Å². The van der Waals surface area contributed by atoms with Crippen molar-refractivity contribution in [3.05, 3.63) is 20.5 Å². The molecule has 0 aromatic carbocycles. The summed E-state index contributed by atoms with van der Waals surface area (Å²) in [7, 11) is 2.61. The molecule has 0 spiro atoms. The van der Waals surface area contributed by atoms with Crippen LogP contribution in [-0.2, 0) is 19.1 Å². The summed E-state index contributed by atoms with van der Waals surface area (Å²) >= 11 is 5.98. The van der Waals surface area contributed by atoms with E-state index in [1.807, 2.05) is 0 Å². The molecular formula is C8H6Br2O4. The van der Waals surface area contributed by atoms with Crippen LogP contribution in [0, 0.1) is 0 Å². The number of hydrogen-bond acceptors (Lipinski definition) is 4. The average Bonchev–Trinajstić information content (AvgIpc) is 2.20. The van der Waals surface area contributed by atoms with Crippen molar-refractivity contribution in [1.29, 1.82) is 0 Å². The van der Waals surface area contributed by atoms with Crippen molar-refractivity contribution in [2.75, 3.05) is 14.2 Å². The van der Waals surface area contributed by atoms with Gasteiger partial charge in [0.05, 0.1) is 23.2 Å². The van der Waals surface area contributed by atoms with E-state index in [2.05, 4.69) is 31.9 Å². The molecule has 4 nitrogen and oxygen atoms in total. The first-order valence-electron chi connectivity index (χ1n) is 3.51. The van der Waals surface area contributed by atoms with Crippen molar-refractivity contribution in [3.8, 4) is 0 Å². The summed E-state index contributed by atoms with van der Waals surface area (Å²) in [6.45, 7) is 0. The molecule has 0 fully saturated rings. The van der Waals surface area contributed by atoms with E-state index in [0.29, 0.717) is 0 Å². The lowest BCUT2D eigenvalue weighted by Crippen LogP contribution is -2.21. The summed E-state index contributed by atoms with van der Waals surface area (Å²) in [4.78, 5) is 23.1. The molecule has 14 heavy (non-hydrogen) atoms. The quantitative estimate of drug-likeness (QED) is 0.724. The number of carbonyl (C=O) groups excluding carboxylic acids is 2. The van der Waals surface area contributed by atoms with Gasteiger partial charge in [0, 0.05) is 0 Å². The van der Waals surface area contributed by atoms with Gasteiger partial charge in [0.25, 0.3) is 0 Å². The van der Waals surface area contributed by atoms with E-state index >= 15 is 0 Å². The molecule has 6 heteroatoms. The lowest BCUT2D eigenvalue weighted by atomic mass is 10.1. The topological polar surface area (TPSA) is 52.6 Å². The smallest absolute Gasteiger partial charge is 0.239 e. The summed E-state index contributed by atoms with van der Waals surface area (Å²) in [5.74, 6) is -1.02. The van der Waals surface area contributed by atoms with Gasteiger partial charge in [0.15, 0.2) is 0 Å². The first kappa shape index (κ1) is 11.5. The normalized spacial score (nSPS) is 17.7. The molecule has 0 N–H and O–H groups in total. The highest BCUT2D eigenvalue weighted by molar-refractivity contribution is 9.14. The molecule has 1 aliphatic carbocycles. The fourth-order valence-corrected chi connectivity index (χ4v) is 1.70. The molecule has 0 aromatic heterocycles. The number of allylic oxidation sites excluding steroid dienone is 2. The summed E-state index contributed by atoms with van der Waals surface area (Å²) < 4.78 is 9.87. The Morgan fingerprint density at radius 3 is 1.36 bits per heavy atom. The molecule has 0 saturated heterocycles. The minimum Gasteiger partial charge on any atom is -0.489 e. The second kappa shape index (κ2) is 4.27. The van der Waals surface area contributed by atoms with E-state index in [-0.39, 0.29) is 20.5 Å². The van der Waals surface area contributed by atoms with Gasteiger partial charge in [-0.15, -0.1) is 0 Å². The second-order valence-electron chi connectivity index (χ2n) is 2.35. The Labute approximate surface area is 97.2 Å². The van der Waals surface area contributed by atoms with Crippen LogP contribution in [0.15, 0.2) is 20.5 Å². The third kappa shape index (κ3) is 1.64. The zero-order valence-corrected chi connectivity index (χ0v) is 10.6. The molecule has 1 rings (SSSR count). The maximum absolute atomic E-state index is 11.5. The number of ketones is 2. The molecule has 0 atom stereocenters. The Morgan fingerprint density at radius 2 is 1.14 bits per heavy atom. The predicted octanol–water partition coefficient (Wildman–Crippen LogP) is 1.64. The third-order valence-electron chi connectivity index (χ3n) is 1.62. The van der Waals surface area contributed by atoms with E-state index < -0.39 is 11.6 Å². The molecule has 0 aliphatic heterocycles. The van der Waals surface area contributed by atoms with Crippen molar-refractivity contribution >= 4 is 43.4 Å². The summed E-state index contributed by atoms with van der Waals surface area (Å²) in [5, 5.41) is 0. The van der Waals surface area contributed by atoms with Crippen LogP contribution in [0.25, 0.3) is 0 Å². The lowest BCUT2D eigenvalue weighted by Gasteiger charge is -2.15. The number of Topliss-reactive ketones (excluding diaryl/α,β-unsaturated/α-hetero) is 2. The number of halogens is 2. The van der Waals surface area contributed by atoms with Gasteiger partial charge in [-0.2, -0.15) is 0 Å². The molecule has 0 unspecified atom stereocenters. The minimum absolute atomic E-state index is 0.0902. The molecule has 0 radical (unpaired) electrons. The molecular weight excluding hydrogens is 320 g/mol. The van der Waals surface area contributed by atoms with Gasteiger partial charge in [-0.1, -0.05) is 0 Å². The lowest BCUT2D eigenvalue weighted by molar-refractivity contribution is -0.120. The van der Waals surface area contributed by atoms with Gasteiger partial charge < -0.3 is 9.47 Å². The average molecular weight is 326 g/mol. The Hall–Kier alpha value is -0.620. The number of hydrogen-bond donors (Lipinski definition) is 0. The zero-order chi connectivity index (χ0) is 10.9. The van der Waals surface area contributed by atoms with Crippen LogP contribution >= 0.6 is 31.9 Å². The molecule has 0 aromatic rings. The van der Waals surface area contributed by atoms with Crippen molar-refractivity contribution in [3.63, 3.8) is 0 Å². The van der Waals surface area contributed by atoms with Crippen molar-refractivity contribution in [2.24, 2.45) is 0 Å². The highest BCUT2D eigenvalue weighted by Gasteiger charge is 2.34. The first-order valence-corrected chi connectivity index (χ1v) is 5.10. The fraction of sp³-hybridized carbons (Fsp3) is 0.250. The van der Waals surface area contributed by atoms with Gasteiger partial charge in [0.1, 0.15) is 0 Å². The molecule has 1 aliphatic rings. The molecule has 0 heterocycles. The highest BCUT2D eigenvalue weighted by Crippen LogP contribution is 2.31. The summed E-state index contributed by atoms with van der Waals surface area (Å²) in [6, 6.07) is 0. The minimum atomic E-state index is -0.421. The van der Waals surface area contributed by atoms with Crippen LogP contribution in [0.4, 0.5) is 0 Å². The van der Waals surface area contributed by atoms with Crippen LogP contribution in [0.1, 0.15) is 0 Å². The van der Waals surface area contributed by atoms with Crippen molar-refractivity contribution < 1.29 is 19.1 Å². The molecule has 76 valence electrons. The first-order chi connectivity index (χ1) is 6.54. The van der Waals surface area contributed by atoms with E-state index in [1.165, 1.54) is 14.2 Å². The zero-order valence-electron chi connectivity index (χ0n) is 7.39. The Bertz CT molecular complexity index is 334. The van der Waals surface area contributed by atoms with E-state index in [0.717, 1.165) is 0 Å². The third-order valence-corrected chi connectivity index (χ3v) is 3.66. The Balaban J connectivity index is 3.31. The fourth-order valence-electron chi connectivity index (χ4n) is 0.976. The SMILES string of the molecule is COC1=C(OC)C(=O)C(Br)=C(Br)C1=O. The largest absolute Gasteiger partial charge is 0.489 e.